The maximum atomic E-state index is 12.7. The molecule has 9 heteroatoms. The van der Waals surface area contributed by atoms with E-state index in [2.05, 4.69) is 6.92 Å². The second-order valence-corrected chi connectivity index (χ2v) is 8.70. The predicted octanol–water partition coefficient (Wildman–Crippen LogP) is 3.79. The Hall–Kier alpha value is -1.90. The number of hydrogen-bond acceptors (Lipinski definition) is 5. The van der Waals surface area contributed by atoms with E-state index in [1.54, 1.807) is 6.07 Å². The zero-order valence-corrected chi connectivity index (χ0v) is 15.2. The molecule has 1 saturated carbocycles. The Morgan fingerprint density at radius 1 is 1.36 bits per heavy atom. The molecule has 0 spiro atoms. The molecule has 0 unspecified atom stereocenters. The van der Waals surface area contributed by atoms with Gasteiger partial charge in [-0.3, -0.25) is 10.1 Å². The molecule has 134 valence electrons. The summed E-state index contributed by atoms with van der Waals surface area (Å²) in [5, 5.41) is 11.3. The first-order valence-corrected chi connectivity index (χ1v) is 9.51. The van der Waals surface area contributed by atoms with E-state index in [-0.39, 0.29) is 11.6 Å². The Balaban J connectivity index is 1.84. The summed E-state index contributed by atoms with van der Waals surface area (Å²) in [5.41, 5.74) is -0.550. The minimum atomic E-state index is -4.06. The largest absolute Gasteiger partial charge is 0.464 e. The summed E-state index contributed by atoms with van der Waals surface area (Å²) in [7, 11) is -2.71. The van der Waals surface area contributed by atoms with Crippen LogP contribution in [0.1, 0.15) is 30.8 Å². The van der Waals surface area contributed by atoms with Crippen molar-refractivity contribution >= 4 is 27.3 Å². The van der Waals surface area contributed by atoms with Crippen LogP contribution in [0.25, 0.3) is 0 Å². The van der Waals surface area contributed by atoms with Gasteiger partial charge in [-0.25, -0.2) is 8.42 Å². The van der Waals surface area contributed by atoms with Crippen molar-refractivity contribution in [3.8, 4) is 0 Å². The third-order valence-electron chi connectivity index (χ3n) is 4.34. The van der Waals surface area contributed by atoms with Crippen LogP contribution in [-0.2, 0) is 16.6 Å². The van der Waals surface area contributed by atoms with E-state index in [0.29, 0.717) is 17.6 Å². The summed E-state index contributed by atoms with van der Waals surface area (Å²) >= 11 is 5.74. The number of furan rings is 1. The fourth-order valence-corrected chi connectivity index (χ4v) is 4.16. The molecule has 1 fully saturated rings. The third-order valence-corrected chi connectivity index (χ3v) is 6.43. The molecule has 0 radical (unpaired) electrons. The van der Waals surface area contributed by atoms with Crippen molar-refractivity contribution < 1.29 is 17.8 Å². The molecule has 0 bridgehead atoms. The van der Waals surface area contributed by atoms with Crippen LogP contribution in [0.2, 0.25) is 5.02 Å². The van der Waals surface area contributed by atoms with Gasteiger partial charge in [-0.2, -0.15) is 4.31 Å². The molecule has 0 N–H and O–H groups in total. The van der Waals surface area contributed by atoms with Gasteiger partial charge in [-0.1, -0.05) is 18.5 Å². The Labute approximate surface area is 150 Å². The first kappa shape index (κ1) is 17.9. The molecule has 1 aromatic heterocycles. The van der Waals surface area contributed by atoms with Crippen molar-refractivity contribution in [2.45, 2.75) is 30.7 Å². The molecule has 3 rings (SSSR count). The highest BCUT2D eigenvalue weighted by Gasteiger charge is 2.37. The van der Waals surface area contributed by atoms with Crippen LogP contribution in [0.5, 0.6) is 0 Å². The Morgan fingerprint density at radius 2 is 2.04 bits per heavy atom. The highest BCUT2D eigenvalue weighted by Crippen LogP contribution is 2.47. The van der Waals surface area contributed by atoms with E-state index in [1.165, 1.54) is 13.1 Å². The number of sulfonamides is 1. The minimum Gasteiger partial charge on any atom is -0.464 e. The van der Waals surface area contributed by atoms with Crippen molar-refractivity contribution in [1.29, 1.82) is 0 Å². The normalized spacial score (nSPS) is 20.0. The number of hydrogen-bond donors (Lipinski definition) is 0. The number of rotatable bonds is 6. The maximum absolute atomic E-state index is 12.7. The Bertz CT molecular complexity index is 924. The summed E-state index contributed by atoms with van der Waals surface area (Å²) in [5.74, 6) is 2.33. The van der Waals surface area contributed by atoms with Gasteiger partial charge < -0.3 is 4.42 Å². The van der Waals surface area contributed by atoms with E-state index in [0.717, 1.165) is 28.6 Å². The Morgan fingerprint density at radius 3 is 2.64 bits per heavy atom. The lowest BCUT2D eigenvalue weighted by Crippen LogP contribution is -2.27. The summed E-state index contributed by atoms with van der Waals surface area (Å²) in [6.45, 7) is 2.12. The second kappa shape index (κ2) is 6.44. The van der Waals surface area contributed by atoms with Crippen LogP contribution >= 0.6 is 11.6 Å². The minimum absolute atomic E-state index is 0.0107. The molecule has 1 aliphatic rings. The summed E-state index contributed by atoms with van der Waals surface area (Å²) in [6.07, 6.45) is 1.07. The van der Waals surface area contributed by atoms with Gasteiger partial charge in [-0.15, -0.1) is 0 Å². The van der Waals surface area contributed by atoms with Crippen molar-refractivity contribution in [1.82, 2.24) is 4.31 Å². The highest BCUT2D eigenvalue weighted by molar-refractivity contribution is 7.89. The first-order chi connectivity index (χ1) is 11.7. The SMILES string of the molecule is C[C@H]1C[C@H]1c1ccc(CN(C)S(=O)(=O)c2ccc(Cl)cc2[N+](=O)[O-])o1. The molecule has 2 atom stereocenters. The molecular weight excluding hydrogens is 368 g/mol. The van der Waals surface area contributed by atoms with E-state index >= 15 is 0 Å². The zero-order valence-electron chi connectivity index (χ0n) is 13.7. The van der Waals surface area contributed by atoms with Crippen molar-refractivity contribution in [2.75, 3.05) is 7.05 Å². The van der Waals surface area contributed by atoms with Crippen LogP contribution in [0, 0.1) is 16.0 Å². The second-order valence-electron chi connectivity index (χ2n) is 6.25. The standard InChI is InChI=1S/C16H17ClN2O5S/c1-10-7-13(10)15-5-4-12(24-15)9-18(2)25(22,23)16-6-3-11(17)8-14(16)19(20)21/h3-6,8,10,13H,7,9H2,1-2H3/t10-,13+/m0/s1. The van der Waals surface area contributed by atoms with Gasteiger partial charge in [0.1, 0.15) is 11.5 Å². The quantitative estimate of drug-likeness (QED) is 0.558. The van der Waals surface area contributed by atoms with Gasteiger partial charge in [0.2, 0.25) is 10.0 Å². The molecule has 1 aromatic carbocycles. The summed E-state index contributed by atoms with van der Waals surface area (Å²) < 4.78 is 32.2. The summed E-state index contributed by atoms with van der Waals surface area (Å²) in [6, 6.07) is 7.08. The number of nitro benzene ring substituents is 1. The van der Waals surface area contributed by atoms with Crippen LogP contribution in [0.15, 0.2) is 39.6 Å². The smallest absolute Gasteiger partial charge is 0.290 e. The number of nitro groups is 1. The molecule has 1 heterocycles. The van der Waals surface area contributed by atoms with Crippen LogP contribution in [0.3, 0.4) is 0 Å². The maximum Gasteiger partial charge on any atom is 0.290 e. The lowest BCUT2D eigenvalue weighted by Gasteiger charge is -2.16. The van der Waals surface area contributed by atoms with Crippen LogP contribution in [0.4, 0.5) is 5.69 Å². The van der Waals surface area contributed by atoms with Crippen molar-refractivity contribution in [2.24, 2.45) is 5.92 Å². The predicted molar refractivity (Wildman–Crippen MR) is 92.0 cm³/mol. The average Bonchev–Trinajstić information content (AvgIpc) is 3.09. The fourth-order valence-electron chi connectivity index (χ4n) is 2.72. The van der Waals surface area contributed by atoms with Crippen LogP contribution < -0.4 is 0 Å². The molecule has 2 aromatic rings. The van der Waals surface area contributed by atoms with Crippen LogP contribution in [-0.4, -0.2) is 24.7 Å². The molecule has 0 aliphatic heterocycles. The monoisotopic (exact) mass is 384 g/mol. The number of halogens is 1. The lowest BCUT2D eigenvalue weighted by molar-refractivity contribution is -0.387. The van der Waals surface area contributed by atoms with Gasteiger partial charge in [0.05, 0.1) is 11.5 Å². The molecule has 0 amide bonds. The molecule has 25 heavy (non-hydrogen) atoms. The van der Waals surface area contributed by atoms with Gasteiger partial charge in [0, 0.05) is 24.1 Å². The third kappa shape index (κ3) is 3.56. The van der Waals surface area contributed by atoms with E-state index < -0.39 is 25.5 Å². The molecule has 1 aliphatic carbocycles. The number of benzene rings is 1. The van der Waals surface area contributed by atoms with Gasteiger partial charge in [-0.05, 0) is 36.6 Å². The summed E-state index contributed by atoms with van der Waals surface area (Å²) in [4.78, 5) is 10.0. The topological polar surface area (TPSA) is 93.7 Å². The molecule has 7 nitrogen and oxygen atoms in total. The molecule has 0 saturated heterocycles. The van der Waals surface area contributed by atoms with Gasteiger partial charge in [0.25, 0.3) is 5.69 Å². The lowest BCUT2D eigenvalue weighted by atomic mass is 10.3. The van der Waals surface area contributed by atoms with Gasteiger partial charge >= 0.3 is 0 Å². The van der Waals surface area contributed by atoms with E-state index in [4.69, 9.17) is 16.0 Å². The Kier molecular flexibility index (Phi) is 4.61. The fraction of sp³-hybridized carbons (Fsp3) is 0.375. The first-order valence-electron chi connectivity index (χ1n) is 7.69. The number of nitrogens with zero attached hydrogens (tertiary/aromatic N) is 2. The molecular formula is C16H17ClN2O5S. The highest BCUT2D eigenvalue weighted by atomic mass is 35.5. The van der Waals surface area contributed by atoms with E-state index in [1.807, 2.05) is 6.07 Å². The zero-order chi connectivity index (χ0) is 18.4. The van der Waals surface area contributed by atoms with Crippen molar-refractivity contribution in [3.05, 3.63) is 57.0 Å². The van der Waals surface area contributed by atoms with E-state index in [9.17, 15) is 18.5 Å². The van der Waals surface area contributed by atoms with Crippen molar-refractivity contribution in [3.63, 3.8) is 0 Å². The average molecular weight is 385 g/mol. The van der Waals surface area contributed by atoms with Gasteiger partial charge in [0.15, 0.2) is 4.90 Å².